The second-order valence-corrected chi connectivity index (χ2v) is 14.5. The summed E-state index contributed by atoms with van der Waals surface area (Å²) in [6.45, 7) is 8.17. The quantitative estimate of drug-likeness (QED) is 0.242. The molecule has 4 aliphatic heterocycles. The third-order valence-corrected chi connectivity index (χ3v) is 11.0. The molecule has 0 radical (unpaired) electrons. The lowest BCUT2D eigenvalue weighted by Gasteiger charge is -2.40. The van der Waals surface area contributed by atoms with Crippen LogP contribution in [0.4, 0.5) is 0 Å². The Bertz CT molecular complexity index is 1400. The van der Waals surface area contributed by atoms with Gasteiger partial charge in [0.25, 0.3) is 0 Å². The minimum Gasteiger partial charge on any atom is -0.455 e. The van der Waals surface area contributed by atoms with Crippen LogP contribution in [0.3, 0.4) is 0 Å². The zero-order valence-corrected chi connectivity index (χ0v) is 29.6. The molecule has 10 nitrogen and oxygen atoms in total. The summed E-state index contributed by atoms with van der Waals surface area (Å²) in [4.78, 5) is 62.0. The number of likely N-dealkylation sites (tertiary alicyclic amines) is 1. The molecule has 1 spiro atoms. The van der Waals surface area contributed by atoms with Crippen LogP contribution in [0, 0.1) is 17.8 Å². The van der Waals surface area contributed by atoms with E-state index in [1.807, 2.05) is 63.3 Å². The van der Waals surface area contributed by atoms with Crippen LogP contribution in [0.25, 0.3) is 0 Å². The average Bonchev–Trinajstić information content (AvgIpc) is 3.65. The third-order valence-electron chi connectivity index (χ3n) is 10.4. The molecule has 1 aromatic rings. The van der Waals surface area contributed by atoms with E-state index in [4.69, 9.17) is 9.47 Å². The molecule has 0 saturated carbocycles. The molecule has 1 aromatic carbocycles. The van der Waals surface area contributed by atoms with Crippen molar-refractivity contribution in [2.75, 3.05) is 26.7 Å². The number of carbonyl (C=O) groups excluding carboxylic acids is 4. The maximum atomic E-state index is 14.8. The largest absolute Gasteiger partial charge is 0.455 e. The van der Waals surface area contributed by atoms with Crippen molar-refractivity contribution in [1.29, 1.82) is 0 Å². The Labute approximate surface area is 286 Å². The Morgan fingerprint density at radius 3 is 2.43 bits per heavy atom. The number of rotatable bonds is 8. The first-order chi connectivity index (χ1) is 22.5. The molecule has 1 N–H and O–H groups in total. The van der Waals surface area contributed by atoms with Crippen molar-refractivity contribution in [2.45, 2.75) is 95.7 Å². The normalized spacial score (nSPS) is 32.9. The van der Waals surface area contributed by atoms with Gasteiger partial charge in [0.15, 0.2) is 0 Å². The van der Waals surface area contributed by atoms with Crippen LogP contribution in [0.5, 0.6) is 0 Å². The van der Waals surface area contributed by atoms with Gasteiger partial charge in [-0.15, -0.1) is 0 Å². The van der Waals surface area contributed by atoms with E-state index >= 15 is 0 Å². The second-order valence-electron chi connectivity index (χ2n) is 13.6. The van der Waals surface area contributed by atoms with Crippen LogP contribution in [-0.4, -0.2) is 100 Å². The Kier molecular flexibility index (Phi) is 11.0. The van der Waals surface area contributed by atoms with Crippen molar-refractivity contribution in [3.8, 4) is 0 Å². The molecule has 4 heterocycles. The molecule has 0 aliphatic carbocycles. The van der Waals surface area contributed by atoms with Crippen LogP contribution in [-0.2, 0) is 28.7 Å². The predicted molar refractivity (Wildman–Crippen MR) is 180 cm³/mol. The van der Waals surface area contributed by atoms with E-state index in [0.717, 1.165) is 24.8 Å². The number of aliphatic hydroxyl groups is 1. The minimum atomic E-state index is -1.43. The van der Waals surface area contributed by atoms with Crippen LogP contribution >= 0.6 is 15.9 Å². The van der Waals surface area contributed by atoms with Gasteiger partial charge in [0.2, 0.25) is 17.7 Å². The Morgan fingerprint density at radius 2 is 1.77 bits per heavy atom. The first kappa shape index (κ1) is 35.3. The number of likely N-dealkylation sites (N-methyl/N-ethyl adjacent to an activating group) is 1. The zero-order valence-electron chi connectivity index (χ0n) is 28.0. The van der Waals surface area contributed by atoms with Gasteiger partial charge in [-0.05, 0) is 37.3 Å². The highest BCUT2D eigenvalue weighted by Gasteiger charge is 2.75. The van der Waals surface area contributed by atoms with Crippen molar-refractivity contribution in [3.63, 3.8) is 0 Å². The number of fused-ring (bicyclic) bond motifs is 2. The lowest BCUT2D eigenvalue weighted by Crippen LogP contribution is -2.59. The number of halogens is 1. The van der Waals surface area contributed by atoms with Gasteiger partial charge in [-0.25, -0.2) is 0 Å². The maximum Gasteiger partial charge on any atom is 0.313 e. The van der Waals surface area contributed by atoms with E-state index in [9.17, 15) is 24.3 Å². The molecule has 5 bridgehead atoms. The maximum absolute atomic E-state index is 14.8. The number of esters is 1. The Balaban J connectivity index is 1.64. The standard InChI is InChI=1S/C36H48BrN3O7/c1-6-7-13-18-39-19-14-9-12-17-27(42)38(5)23(4)30(24-15-10-8-11-16-24)46-35(45)28-29-33(43)40(26(21-41)22(2)3)32(34(39)44)36(29)20-25(37)31(28)47-36/h8-11,14-16,20,22-23,26,28-32,41H,6-7,12-13,17-19,21H2,1-5H3/b14-9-/t23-,26-,28+,29-,30+,31+,32+,36-/m0/s1. The van der Waals surface area contributed by atoms with Gasteiger partial charge in [-0.2, -0.15) is 0 Å². The number of unbranched alkanes of at least 4 members (excludes halogenated alkanes) is 2. The number of cyclic esters (lactones) is 1. The molecular formula is C36H48BrN3O7. The van der Waals surface area contributed by atoms with Gasteiger partial charge in [-0.1, -0.05) is 92.0 Å². The molecule has 5 rings (SSSR count). The number of hydrogen-bond acceptors (Lipinski definition) is 7. The number of benzene rings is 1. The van der Waals surface area contributed by atoms with Gasteiger partial charge < -0.3 is 29.3 Å². The van der Waals surface area contributed by atoms with E-state index in [2.05, 4.69) is 22.9 Å². The van der Waals surface area contributed by atoms with Crippen molar-refractivity contribution in [1.82, 2.24) is 14.7 Å². The molecule has 2 saturated heterocycles. The van der Waals surface area contributed by atoms with E-state index < -0.39 is 59.6 Å². The summed E-state index contributed by atoms with van der Waals surface area (Å²) in [6.07, 6.45) is 7.39. The first-order valence-corrected chi connectivity index (χ1v) is 17.7. The van der Waals surface area contributed by atoms with Crippen LogP contribution < -0.4 is 0 Å². The molecule has 0 aromatic heterocycles. The second kappa shape index (κ2) is 14.6. The average molecular weight is 715 g/mol. The molecule has 47 heavy (non-hydrogen) atoms. The van der Waals surface area contributed by atoms with Crippen molar-refractivity contribution in [3.05, 3.63) is 58.6 Å². The molecule has 3 amide bonds. The summed E-state index contributed by atoms with van der Waals surface area (Å²) in [5.41, 5.74) is -0.708. The summed E-state index contributed by atoms with van der Waals surface area (Å²) in [6, 6.07) is 7.00. The number of hydrogen-bond donors (Lipinski definition) is 1. The highest BCUT2D eigenvalue weighted by atomic mass is 79.9. The Morgan fingerprint density at radius 1 is 1.04 bits per heavy atom. The lowest BCUT2D eigenvalue weighted by molar-refractivity contribution is -0.164. The van der Waals surface area contributed by atoms with E-state index in [0.29, 0.717) is 24.0 Å². The zero-order chi connectivity index (χ0) is 34.0. The lowest BCUT2D eigenvalue weighted by atomic mass is 9.74. The summed E-state index contributed by atoms with van der Waals surface area (Å²) in [5.74, 6) is -3.67. The first-order valence-electron chi connectivity index (χ1n) is 16.9. The Hall–Kier alpha value is -3.02. The highest BCUT2D eigenvalue weighted by Crippen LogP contribution is 2.59. The predicted octanol–water partition coefficient (Wildman–Crippen LogP) is 4.38. The fourth-order valence-corrected chi connectivity index (χ4v) is 8.36. The molecule has 8 atom stereocenters. The van der Waals surface area contributed by atoms with Crippen LogP contribution in [0.2, 0.25) is 0 Å². The van der Waals surface area contributed by atoms with Gasteiger partial charge in [-0.3, -0.25) is 19.2 Å². The number of nitrogens with zero attached hydrogens (tertiary/aromatic N) is 3. The SMILES string of the molecule is CCCCCN1C/C=C\CCC(=O)N(C)[C@@H](C)[C@H](c2ccccc2)OC(=O)[C@H]2[C@@H]3O[C@@]4(C=C3Br)[C@@H]2C(=O)N([C@@H](CO)C(C)C)[C@@H]4C1=O. The number of amides is 3. The molecule has 4 aliphatic rings. The fourth-order valence-electron chi connectivity index (χ4n) is 7.62. The van der Waals surface area contributed by atoms with Crippen LogP contribution in [0.15, 0.2) is 53.0 Å². The molecular weight excluding hydrogens is 666 g/mol. The van der Waals surface area contributed by atoms with E-state index in [-0.39, 0.29) is 30.8 Å². The third kappa shape index (κ3) is 6.43. The summed E-state index contributed by atoms with van der Waals surface area (Å²) in [5, 5.41) is 10.6. The smallest absolute Gasteiger partial charge is 0.313 e. The summed E-state index contributed by atoms with van der Waals surface area (Å²) < 4.78 is 13.5. The van der Waals surface area contributed by atoms with Crippen LogP contribution in [0.1, 0.15) is 71.5 Å². The minimum absolute atomic E-state index is 0.0965. The number of allylic oxidation sites excluding steroid dienone is 1. The van der Waals surface area contributed by atoms with Gasteiger partial charge in [0.1, 0.15) is 29.8 Å². The topological polar surface area (TPSA) is 117 Å². The number of carbonyl (C=O) groups is 4. The molecule has 11 heteroatoms. The van der Waals surface area contributed by atoms with Crippen molar-refractivity contribution in [2.24, 2.45) is 17.8 Å². The van der Waals surface area contributed by atoms with E-state index in [1.54, 1.807) is 22.9 Å². The van der Waals surface area contributed by atoms with Gasteiger partial charge in [0, 0.05) is 31.0 Å². The monoisotopic (exact) mass is 713 g/mol. The number of ether oxygens (including phenoxy) is 2. The number of aliphatic hydroxyl groups excluding tert-OH is 1. The molecule has 2 fully saturated rings. The molecule has 0 unspecified atom stereocenters. The van der Waals surface area contributed by atoms with E-state index in [1.165, 1.54) is 4.90 Å². The van der Waals surface area contributed by atoms with Gasteiger partial charge >= 0.3 is 5.97 Å². The van der Waals surface area contributed by atoms with Crippen molar-refractivity contribution < 1.29 is 33.8 Å². The summed E-state index contributed by atoms with van der Waals surface area (Å²) >= 11 is 3.62. The fraction of sp³-hybridized carbons (Fsp3) is 0.611. The summed E-state index contributed by atoms with van der Waals surface area (Å²) in [7, 11) is 1.71. The van der Waals surface area contributed by atoms with Crippen molar-refractivity contribution >= 4 is 39.6 Å². The molecule has 256 valence electrons. The van der Waals surface area contributed by atoms with Gasteiger partial charge in [0.05, 0.1) is 24.6 Å². The highest BCUT2D eigenvalue weighted by molar-refractivity contribution is 9.11.